The minimum absolute atomic E-state index is 0.140. The van der Waals surface area contributed by atoms with Crippen LogP contribution in [0.3, 0.4) is 0 Å². The lowest BCUT2D eigenvalue weighted by molar-refractivity contribution is 0.238. The van der Waals surface area contributed by atoms with Crippen molar-refractivity contribution in [2.75, 3.05) is 0 Å². The first-order chi connectivity index (χ1) is 36.3. The van der Waals surface area contributed by atoms with Gasteiger partial charge in [-0.1, -0.05) is 200 Å². The second-order valence-electron chi connectivity index (χ2n) is 19.1. The lowest BCUT2D eigenvalue weighted by Crippen LogP contribution is -2.23. The maximum absolute atomic E-state index is 13.0. The summed E-state index contributed by atoms with van der Waals surface area (Å²) in [4.78, 5) is 0. The van der Waals surface area contributed by atoms with E-state index >= 15 is 0 Å². The highest BCUT2D eigenvalue weighted by Crippen LogP contribution is 2.44. The van der Waals surface area contributed by atoms with Gasteiger partial charge in [0.25, 0.3) is 0 Å². The number of hydrogen-bond acceptors (Lipinski definition) is 4. The molecule has 0 radical (unpaired) electrons. The minimum atomic E-state index is -1.11. The van der Waals surface area contributed by atoms with E-state index in [1.165, 1.54) is 31.8 Å². The van der Waals surface area contributed by atoms with Crippen molar-refractivity contribution in [3.05, 3.63) is 281 Å². The van der Waals surface area contributed by atoms with Gasteiger partial charge < -0.3 is 20.1 Å². The molecule has 364 valence electrons. The molecular weight excluding hydrogens is 962 g/mol. The van der Waals surface area contributed by atoms with Gasteiger partial charge in [0.05, 0.1) is 6.10 Å². The summed E-state index contributed by atoms with van der Waals surface area (Å²) in [7, 11) is -3.23. The Balaban J connectivity index is 1.19. The molecule has 1 aliphatic carbocycles. The number of phenolic OH excluding ortho intramolecular Hbond substituents is 3. The molecule has 0 unspecified atom stereocenters. The molecular formula is C67H57O4P3. The van der Waals surface area contributed by atoms with Gasteiger partial charge in [-0.05, 0) is 166 Å². The Kier molecular flexibility index (Phi) is 14.6. The zero-order chi connectivity index (χ0) is 50.5. The third-order valence-corrected chi connectivity index (χ3v) is 20.9. The van der Waals surface area contributed by atoms with E-state index in [4.69, 9.17) is 4.74 Å². The largest absolute Gasteiger partial charge is 0.507 e. The minimum Gasteiger partial charge on any atom is -0.507 e. The average molecular weight is 1020 g/mol. The summed E-state index contributed by atoms with van der Waals surface area (Å²) < 4.78 is 6.85. The predicted molar refractivity (Wildman–Crippen MR) is 314 cm³/mol. The number of ether oxygens (including phenoxy) is 1. The van der Waals surface area contributed by atoms with Crippen molar-refractivity contribution in [1.29, 1.82) is 0 Å². The monoisotopic (exact) mass is 1020 g/mol. The highest BCUT2D eigenvalue weighted by Gasteiger charge is 2.28. The summed E-state index contributed by atoms with van der Waals surface area (Å²) in [5, 5.41) is 49.1. The number of aromatic hydroxyl groups is 3. The molecule has 4 nitrogen and oxygen atoms in total. The maximum atomic E-state index is 13.0. The summed E-state index contributed by atoms with van der Waals surface area (Å²) in [5.41, 5.74) is 6.34. The Morgan fingerprint density at radius 1 is 0.284 bits per heavy atom. The molecule has 0 aromatic heterocycles. The summed E-state index contributed by atoms with van der Waals surface area (Å²) in [6.45, 7) is 4.10. The van der Waals surface area contributed by atoms with Gasteiger partial charge in [0.1, 0.15) is 23.0 Å². The van der Waals surface area contributed by atoms with Gasteiger partial charge in [0.15, 0.2) is 0 Å². The Bertz CT molecular complexity index is 3240. The summed E-state index contributed by atoms with van der Waals surface area (Å²) >= 11 is 0. The second kappa shape index (κ2) is 22.0. The van der Waals surface area contributed by atoms with Crippen LogP contribution in [-0.2, 0) is 25.7 Å². The lowest BCUT2D eigenvalue weighted by atomic mass is 9.91. The second-order valence-corrected chi connectivity index (χ2v) is 25.8. The van der Waals surface area contributed by atoms with Gasteiger partial charge in [-0.2, -0.15) is 0 Å². The average Bonchev–Trinajstić information content (AvgIpc) is 3.42. The Hall–Kier alpha value is -7.31. The van der Waals surface area contributed by atoms with Crippen molar-refractivity contribution in [3.8, 4) is 23.0 Å². The van der Waals surface area contributed by atoms with Gasteiger partial charge in [0, 0.05) is 25.7 Å². The van der Waals surface area contributed by atoms with Crippen LogP contribution < -0.4 is 52.5 Å². The normalized spacial score (nSPS) is 12.4. The van der Waals surface area contributed by atoms with Gasteiger partial charge in [-0.15, -0.1) is 0 Å². The molecule has 0 spiro atoms. The predicted octanol–water partition coefficient (Wildman–Crippen LogP) is 11.5. The van der Waals surface area contributed by atoms with Crippen molar-refractivity contribution in [2.24, 2.45) is 0 Å². The quantitative estimate of drug-likeness (QED) is 0.113. The molecule has 8 bridgehead atoms. The molecule has 11 rings (SSSR count). The zero-order valence-corrected chi connectivity index (χ0v) is 44.2. The highest BCUT2D eigenvalue weighted by atomic mass is 31.1. The van der Waals surface area contributed by atoms with Gasteiger partial charge in [-0.25, -0.2) is 0 Å². The molecule has 0 fully saturated rings. The third-order valence-electron chi connectivity index (χ3n) is 13.7. The lowest BCUT2D eigenvalue weighted by Gasteiger charge is -2.25. The van der Waals surface area contributed by atoms with Crippen LogP contribution in [0.4, 0.5) is 0 Å². The topological polar surface area (TPSA) is 69.9 Å². The number of para-hydroxylation sites is 1. The van der Waals surface area contributed by atoms with Crippen LogP contribution in [0.15, 0.2) is 237 Å². The third kappa shape index (κ3) is 10.4. The van der Waals surface area contributed by atoms with Crippen molar-refractivity contribution >= 4 is 71.5 Å². The highest BCUT2D eigenvalue weighted by molar-refractivity contribution is 7.80. The van der Waals surface area contributed by atoms with Crippen LogP contribution in [0.25, 0.3) is 0 Å². The number of rotatable bonds is 11. The van der Waals surface area contributed by atoms with E-state index in [0.717, 1.165) is 55.0 Å². The fourth-order valence-corrected chi connectivity index (χ4v) is 17.6. The van der Waals surface area contributed by atoms with E-state index in [0.29, 0.717) is 24.0 Å². The van der Waals surface area contributed by atoms with Crippen LogP contribution in [0, 0.1) is 0 Å². The molecule has 0 atom stereocenters. The zero-order valence-electron chi connectivity index (χ0n) is 41.5. The van der Waals surface area contributed by atoms with E-state index in [9.17, 15) is 15.3 Å². The Labute approximate surface area is 438 Å². The van der Waals surface area contributed by atoms with Crippen LogP contribution in [-0.4, -0.2) is 21.4 Å². The molecule has 0 saturated heterocycles. The van der Waals surface area contributed by atoms with E-state index in [2.05, 4.69) is 250 Å². The number of phenols is 3. The van der Waals surface area contributed by atoms with Crippen LogP contribution >= 0.6 is 23.8 Å². The molecule has 0 saturated carbocycles. The first-order valence-corrected chi connectivity index (χ1v) is 29.3. The van der Waals surface area contributed by atoms with E-state index in [1.54, 1.807) is 0 Å². The molecule has 1 aliphatic rings. The number of hydrogen-bond donors (Lipinski definition) is 3. The molecule has 74 heavy (non-hydrogen) atoms. The molecule has 10 aromatic rings. The van der Waals surface area contributed by atoms with Gasteiger partial charge in [0.2, 0.25) is 0 Å². The molecule has 10 aromatic carbocycles. The first-order valence-electron chi connectivity index (χ1n) is 25.3. The van der Waals surface area contributed by atoms with Crippen molar-refractivity contribution in [3.63, 3.8) is 0 Å². The van der Waals surface area contributed by atoms with Crippen LogP contribution in [0.1, 0.15) is 58.4 Å². The summed E-state index contributed by atoms with van der Waals surface area (Å²) in [6, 6.07) is 83.3. The van der Waals surface area contributed by atoms with Crippen molar-refractivity contribution < 1.29 is 20.1 Å². The first kappa shape index (κ1) is 48.9. The fraction of sp³-hybridized carbons (Fsp3) is 0.104. The van der Waals surface area contributed by atoms with E-state index in [1.807, 2.05) is 0 Å². The molecule has 7 heteroatoms. The SMILES string of the molecule is CC(C)Oc1c2cccc1Cc1cc(P(c3ccccc3)c3ccccc3)cc(c1O)Cc1cc(P(c3ccccc3)c3ccccc3)cc(c1O)Cc1cc(P(c3ccccc3)c3ccccc3)cc(c1O)C2. The fourth-order valence-electron chi connectivity index (χ4n) is 10.3. The molecule has 0 aliphatic heterocycles. The standard InChI is InChI=1S/C67H57O4P3/c1-46(2)71-67-47-22-21-23-48(67)37-50-41-62(73(57-28-13-5-14-29-57)58-30-15-6-16-31-58)43-52(65(50)69)39-54-45-63(74(59-32-17-7-18-33-59)60-34-19-8-20-35-60)44-53(66(54)70)38-51-42-61(40-49(36-47)64(51)68)72(55-24-9-3-10-25-55)56-26-11-4-12-27-56/h3-35,40-46,68-70H,36-39H2,1-2H3. The van der Waals surface area contributed by atoms with Crippen LogP contribution in [0.5, 0.6) is 23.0 Å². The number of fused-ring (bicyclic) bond motifs is 8. The Morgan fingerprint density at radius 2 is 0.500 bits per heavy atom. The molecule has 0 heterocycles. The summed E-state index contributed by atoms with van der Waals surface area (Å²) in [6.07, 6.45) is 1.17. The van der Waals surface area contributed by atoms with Gasteiger partial charge >= 0.3 is 0 Å². The number of benzene rings is 10. The maximum Gasteiger partial charge on any atom is 0.126 e. The Morgan fingerprint density at radius 3 is 0.716 bits per heavy atom. The molecule has 0 amide bonds. The van der Waals surface area contributed by atoms with Crippen molar-refractivity contribution in [1.82, 2.24) is 0 Å². The smallest absolute Gasteiger partial charge is 0.126 e. The van der Waals surface area contributed by atoms with Crippen molar-refractivity contribution in [2.45, 2.75) is 45.6 Å². The van der Waals surface area contributed by atoms with Crippen LogP contribution in [0.2, 0.25) is 0 Å². The van der Waals surface area contributed by atoms with E-state index < -0.39 is 23.8 Å². The molecule has 3 N–H and O–H groups in total. The summed E-state index contributed by atoms with van der Waals surface area (Å²) in [5.74, 6) is 1.34. The van der Waals surface area contributed by atoms with E-state index in [-0.39, 0.29) is 36.2 Å². The van der Waals surface area contributed by atoms with Gasteiger partial charge in [-0.3, -0.25) is 0 Å².